The normalized spacial score (nSPS) is 16.0. The van der Waals surface area contributed by atoms with Crippen LogP contribution in [0.5, 0.6) is 0 Å². The third kappa shape index (κ3) is 3.70. The maximum atomic E-state index is 12.6. The Kier molecular flexibility index (Phi) is 5.44. The van der Waals surface area contributed by atoms with Gasteiger partial charge >= 0.3 is 0 Å². The Morgan fingerprint density at radius 2 is 1.82 bits per heavy atom. The number of rotatable bonds is 8. The Labute approximate surface area is 106 Å². The number of hydrogen-bond donors (Lipinski definition) is 1. The average Bonchev–Trinajstić information content (AvgIpc) is 3.11. The van der Waals surface area contributed by atoms with E-state index in [-0.39, 0.29) is 11.3 Å². The van der Waals surface area contributed by atoms with E-state index in [2.05, 4.69) is 13.8 Å². The van der Waals surface area contributed by atoms with Gasteiger partial charge < -0.3 is 10.6 Å². The number of carbonyl (C=O) groups is 1. The van der Waals surface area contributed by atoms with Crippen molar-refractivity contribution in [2.45, 2.75) is 52.4 Å². The summed E-state index contributed by atoms with van der Waals surface area (Å²) < 4.78 is 0. The van der Waals surface area contributed by atoms with Gasteiger partial charge in [0.1, 0.15) is 0 Å². The lowest BCUT2D eigenvalue weighted by atomic mass is 9.78. The van der Waals surface area contributed by atoms with Crippen LogP contribution < -0.4 is 5.73 Å². The highest BCUT2D eigenvalue weighted by atomic mass is 16.2. The molecular formula is C14H28N2O. The molecule has 0 aromatic rings. The summed E-state index contributed by atoms with van der Waals surface area (Å²) in [6, 6.07) is 0. The molecule has 0 atom stereocenters. The Hall–Kier alpha value is -0.570. The fraction of sp³-hybridized carbons (Fsp3) is 0.929. The van der Waals surface area contributed by atoms with Gasteiger partial charge in [0.15, 0.2) is 0 Å². The summed E-state index contributed by atoms with van der Waals surface area (Å²) >= 11 is 0. The molecule has 1 fully saturated rings. The van der Waals surface area contributed by atoms with Gasteiger partial charge in [0.2, 0.25) is 5.91 Å². The molecule has 1 amide bonds. The van der Waals surface area contributed by atoms with Gasteiger partial charge in [0, 0.05) is 20.1 Å². The van der Waals surface area contributed by atoms with E-state index < -0.39 is 0 Å². The van der Waals surface area contributed by atoms with Gasteiger partial charge in [0.25, 0.3) is 0 Å². The smallest absolute Gasteiger partial charge is 0.229 e. The van der Waals surface area contributed by atoms with E-state index >= 15 is 0 Å². The highest BCUT2D eigenvalue weighted by molar-refractivity contribution is 5.82. The van der Waals surface area contributed by atoms with Crippen molar-refractivity contribution in [1.82, 2.24) is 4.90 Å². The van der Waals surface area contributed by atoms with E-state index in [1.54, 1.807) is 0 Å². The first-order valence-electron chi connectivity index (χ1n) is 7.05. The van der Waals surface area contributed by atoms with Crippen molar-refractivity contribution in [1.29, 1.82) is 0 Å². The summed E-state index contributed by atoms with van der Waals surface area (Å²) in [4.78, 5) is 14.5. The zero-order chi connectivity index (χ0) is 12.9. The van der Waals surface area contributed by atoms with Crippen molar-refractivity contribution in [2.24, 2.45) is 17.1 Å². The number of nitrogens with two attached hydrogens (primary N) is 1. The first kappa shape index (κ1) is 14.5. The number of hydrogen-bond acceptors (Lipinski definition) is 2. The Balaban J connectivity index is 2.67. The number of nitrogens with zero attached hydrogens (tertiary/aromatic N) is 1. The maximum absolute atomic E-state index is 12.6. The monoisotopic (exact) mass is 240 g/mol. The molecule has 0 aliphatic heterocycles. The molecule has 1 aliphatic carbocycles. The zero-order valence-corrected chi connectivity index (χ0v) is 11.7. The second-order valence-corrected chi connectivity index (χ2v) is 5.61. The Bertz CT molecular complexity index is 243. The lowest BCUT2D eigenvalue weighted by molar-refractivity contribution is -0.141. The van der Waals surface area contributed by atoms with Crippen LogP contribution in [0, 0.1) is 11.3 Å². The van der Waals surface area contributed by atoms with Crippen molar-refractivity contribution >= 4 is 5.91 Å². The van der Waals surface area contributed by atoms with Gasteiger partial charge in [-0.25, -0.2) is 0 Å². The predicted octanol–water partition coefficient (Wildman–Crippen LogP) is 2.40. The second-order valence-electron chi connectivity index (χ2n) is 5.61. The van der Waals surface area contributed by atoms with Crippen LogP contribution in [0.3, 0.4) is 0 Å². The van der Waals surface area contributed by atoms with E-state index in [0.717, 1.165) is 38.1 Å². The molecule has 0 radical (unpaired) electrons. The standard InChI is InChI=1S/C14H28N2O/c1-4-8-14(11-15,9-5-2)13(17)16(3)10-12-6-7-12/h12H,4-11,15H2,1-3H3. The zero-order valence-electron chi connectivity index (χ0n) is 11.7. The molecule has 3 nitrogen and oxygen atoms in total. The number of amides is 1. The van der Waals surface area contributed by atoms with E-state index in [1.807, 2.05) is 11.9 Å². The molecule has 100 valence electrons. The van der Waals surface area contributed by atoms with Crippen molar-refractivity contribution in [2.75, 3.05) is 20.1 Å². The van der Waals surface area contributed by atoms with Crippen LogP contribution in [0.15, 0.2) is 0 Å². The molecule has 1 rings (SSSR count). The third-order valence-corrected chi connectivity index (χ3v) is 3.88. The predicted molar refractivity (Wildman–Crippen MR) is 71.7 cm³/mol. The third-order valence-electron chi connectivity index (χ3n) is 3.88. The van der Waals surface area contributed by atoms with E-state index in [4.69, 9.17) is 5.73 Å². The summed E-state index contributed by atoms with van der Waals surface area (Å²) in [6.07, 6.45) is 6.47. The molecule has 17 heavy (non-hydrogen) atoms. The maximum Gasteiger partial charge on any atom is 0.229 e. The molecule has 0 aromatic heterocycles. The quantitative estimate of drug-likeness (QED) is 0.708. The molecule has 0 unspecified atom stereocenters. The van der Waals surface area contributed by atoms with Crippen LogP contribution in [0.2, 0.25) is 0 Å². The topological polar surface area (TPSA) is 46.3 Å². The van der Waals surface area contributed by atoms with Gasteiger partial charge in [-0.1, -0.05) is 26.7 Å². The lowest BCUT2D eigenvalue weighted by Gasteiger charge is -2.35. The molecule has 0 spiro atoms. The first-order chi connectivity index (χ1) is 8.09. The highest BCUT2D eigenvalue weighted by Crippen LogP contribution is 2.34. The van der Waals surface area contributed by atoms with Crippen LogP contribution in [0.4, 0.5) is 0 Å². The van der Waals surface area contributed by atoms with Crippen LogP contribution in [-0.2, 0) is 4.79 Å². The Morgan fingerprint density at radius 3 is 2.18 bits per heavy atom. The molecular weight excluding hydrogens is 212 g/mol. The molecule has 0 saturated heterocycles. The minimum Gasteiger partial charge on any atom is -0.345 e. The molecule has 0 bridgehead atoms. The SMILES string of the molecule is CCCC(CN)(CCC)C(=O)N(C)CC1CC1. The summed E-state index contributed by atoms with van der Waals surface area (Å²) in [5.74, 6) is 1.03. The fourth-order valence-corrected chi connectivity index (χ4v) is 2.76. The summed E-state index contributed by atoms with van der Waals surface area (Å²) in [6.45, 7) is 5.68. The van der Waals surface area contributed by atoms with E-state index in [0.29, 0.717) is 6.54 Å². The van der Waals surface area contributed by atoms with Crippen molar-refractivity contribution in [3.8, 4) is 0 Å². The van der Waals surface area contributed by atoms with Gasteiger partial charge in [0.05, 0.1) is 5.41 Å². The summed E-state index contributed by atoms with van der Waals surface area (Å²) in [7, 11) is 1.94. The molecule has 2 N–H and O–H groups in total. The highest BCUT2D eigenvalue weighted by Gasteiger charge is 2.38. The van der Waals surface area contributed by atoms with E-state index in [9.17, 15) is 4.79 Å². The minimum absolute atomic E-state index is 0.274. The molecule has 0 aromatic carbocycles. The van der Waals surface area contributed by atoms with Gasteiger partial charge in [-0.15, -0.1) is 0 Å². The molecule has 1 saturated carbocycles. The van der Waals surface area contributed by atoms with Gasteiger partial charge in [-0.05, 0) is 31.6 Å². The van der Waals surface area contributed by atoms with Crippen molar-refractivity contribution < 1.29 is 4.79 Å². The first-order valence-corrected chi connectivity index (χ1v) is 7.05. The summed E-state index contributed by atoms with van der Waals surface area (Å²) in [5, 5.41) is 0. The van der Waals surface area contributed by atoms with Crippen LogP contribution in [0.1, 0.15) is 52.4 Å². The minimum atomic E-state index is -0.298. The molecule has 3 heteroatoms. The van der Waals surface area contributed by atoms with Crippen molar-refractivity contribution in [3.05, 3.63) is 0 Å². The number of carbonyl (C=O) groups excluding carboxylic acids is 1. The fourth-order valence-electron chi connectivity index (χ4n) is 2.76. The van der Waals surface area contributed by atoms with Crippen molar-refractivity contribution in [3.63, 3.8) is 0 Å². The molecule has 1 aliphatic rings. The van der Waals surface area contributed by atoms with Gasteiger partial charge in [-0.3, -0.25) is 4.79 Å². The lowest BCUT2D eigenvalue weighted by Crippen LogP contribution is -2.47. The van der Waals surface area contributed by atoms with E-state index in [1.165, 1.54) is 12.8 Å². The Morgan fingerprint density at radius 1 is 1.29 bits per heavy atom. The van der Waals surface area contributed by atoms with Crippen LogP contribution >= 0.6 is 0 Å². The average molecular weight is 240 g/mol. The molecule has 0 heterocycles. The van der Waals surface area contributed by atoms with Crippen LogP contribution in [-0.4, -0.2) is 30.9 Å². The van der Waals surface area contributed by atoms with Crippen LogP contribution in [0.25, 0.3) is 0 Å². The van der Waals surface area contributed by atoms with Gasteiger partial charge in [-0.2, -0.15) is 0 Å². The second kappa shape index (κ2) is 6.39. The summed E-state index contributed by atoms with van der Waals surface area (Å²) in [5.41, 5.74) is 5.62. The largest absolute Gasteiger partial charge is 0.345 e.